The summed E-state index contributed by atoms with van der Waals surface area (Å²) in [5, 5.41) is 9.15. The molecule has 3 nitrogen and oxygen atoms in total. The van der Waals surface area contributed by atoms with E-state index < -0.39 is 11.1 Å². The molecule has 1 rings (SSSR count). The van der Waals surface area contributed by atoms with Gasteiger partial charge in [0.05, 0.1) is 5.25 Å². The molecule has 0 heterocycles. The van der Waals surface area contributed by atoms with E-state index in [1.807, 2.05) is 13.8 Å². The lowest BCUT2D eigenvalue weighted by molar-refractivity contribution is 0.0353. The van der Waals surface area contributed by atoms with Crippen molar-refractivity contribution in [2.24, 2.45) is 29.6 Å². The summed E-state index contributed by atoms with van der Waals surface area (Å²) in [6, 6.07) is 0. The van der Waals surface area contributed by atoms with Gasteiger partial charge in [-0.05, 0) is 29.6 Å². The Bertz CT molecular complexity index is 244. The lowest BCUT2D eigenvalue weighted by atomic mass is 9.64. The summed E-state index contributed by atoms with van der Waals surface area (Å²) < 4.78 is 20.6. The third-order valence-electron chi connectivity index (χ3n) is 4.49. The Morgan fingerprint density at radius 3 is 1.93 bits per heavy atom. The average Bonchev–Trinajstić information content (AvgIpc) is 2.15. The quantitative estimate of drug-likeness (QED) is 0.716. The van der Waals surface area contributed by atoms with Crippen molar-refractivity contribution in [3.8, 4) is 0 Å². The van der Waals surface area contributed by atoms with Gasteiger partial charge < -0.3 is 9.66 Å². The van der Waals surface area contributed by atoms with E-state index in [4.69, 9.17) is 0 Å². The molecule has 1 aliphatic carbocycles. The molecule has 0 aliphatic heterocycles. The van der Waals surface area contributed by atoms with Crippen LogP contribution in [0.2, 0.25) is 0 Å². The van der Waals surface area contributed by atoms with Gasteiger partial charge in [-0.3, -0.25) is 0 Å². The molecule has 1 aliphatic rings. The van der Waals surface area contributed by atoms with Gasteiger partial charge in [-0.25, -0.2) is 4.21 Å². The second-order valence-corrected chi connectivity index (χ2v) is 6.12. The Morgan fingerprint density at radius 2 is 1.53 bits per heavy atom. The lowest BCUT2D eigenvalue weighted by Crippen LogP contribution is -2.48. The summed E-state index contributed by atoms with van der Waals surface area (Å²) in [5.41, 5.74) is 0. The van der Waals surface area contributed by atoms with Crippen LogP contribution in [0.5, 0.6) is 0 Å². The first kappa shape index (κ1) is 13.1. The van der Waals surface area contributed by atoms with Gasteiger partial charge in [0, 0.05) is 6.61 Å². The van der Waals surface area contributed by atoms with E-state index in [0.717, 1.165) is 0 Å². The zero-order valence-electron chi connectivity index (χ0n) is 9.88. The van der Waals surface area contributed by atoms with Gasteiger partial charge in [-0.2, -0.15) is 0 Å². The van der Waals surface area contributed by atoms with Gasteiger partial charge in [-0.1, -0.05) is 27.7 Å². The van der Waals surface area contributed by atoms with Crippen molar-refractivity contribution in [3.63, 3.8) is 0 Å². The predicted molar refractivity (Wildman–Crippen MR) is 61.8 cm³/mol. The SMILES string of the molecule is CC1C(C)C(CO)C(C)C(S(=O)O)C1C. The standard InChI is InChI=1S/C11H22O3S/c1-6-7(2)10(5-12)9(4)11(8(6)3)15(13)14/h6-12H,5H2,1-4H3,(H,13,14). The maximum absolute atomic E-state index is 11.3. The molecule has 0 amide bonds. The molecule has 0 spiro atoms. The molecule has 1 saturated carbocycles. The molecule has 15 heavy (non-hydrogen) atoms. The van der Waals surface area contributed by atoms with Gasteiger partial charge in [0.25, 0.3) is 0 Å². The second kappa shape index (κ2) is 4.93. The largest absolute Gasteiger partial charge is 0.396 e. The van der Waals surface area contributed by atoms with Crippen molar-refractivity contribution in [1.82, 2.24) is 0 Å². The number of aliphatic hydroxyl groups excluding tert-OH is 1. The third-order valence-corrected chi connectivity index (χ3v) is 5.81. The Hall–Kier alpha value is 0.0700. The van der Waals surface area contributed by atoms with Gasteiger partial charge in [0.1, 0.15) is 0 Å². The Balaban J connectivity index is 2.95. The van der Waals surface area contributed by atoms with Crippen molar-refractivity contribution in [3.05, 3.63) is 0 Å². The van der Waals surface area contributed by atoms with E-state index in [2.05, 4.69) is 13.8 Å². The minimum Gasteiger partial charge on any atom is -0.396 e. The molecule has 0 saturated heterocycles. The summed E-state index contributed by atoms with van der Waals surface area (Å²) in [6.07, 6.45) is 0. The molecule has 7 unspecified atom stereocenters. The first-order valence-electron chi connectivity index (χ1n) is 5.62. The Kier molecular flexibility index (Phi) is 4.32. The van der Waals surface area contributed by atoms with Crippen molar-refractivity contribution in [2.75, 3.05) is 6.61 Å². The molecule has 1 fully saturated rings. The van der Waals surface area contributed by atoms with Gasteiger partial charge in [0.15, 0.2) is 11.1 Å². The number of hydrogen-bond donors (Lipinski definition) is 2. The zero-order chi connectivity index (χ0) is 11.7. The maximum Gasteiger partial charge on any atom is 0.156 e. The maximum atomic E-state index is 11.3. The molecule has 0 aromatic rings. The minimum atomic E-state index is -1.78. The number of rotatable bonds is 2. The monoisotopic (exact) mass is 234 g/mol. The summed E-state index contributed by atoms with van der Waals surface area (Å²) in [5.74, 6) is 1.31. The highest BCUT2D eigenvalue weighted by Gasteiger charge is 2.45. The summed E-state index contributed by atoms with van der Waals surface area (Å²) in [7, 11) is 0. The van der Waals surface area contributed by atoms with Crippen molar-refractivity contribution >= 4 is 11.1 Å². The Morgan fingerprint density at radius 1 is 1.00 bits per heavy atom. The van der Waals surface area contributed by atoms with E-state index in [1.165, 1.54) is 0 Å². The van der Waals surface area contributed by atoms with Gasteiger partial charge in [-0.15, -0.1) is 0 Å². The van der Waals surface area contributed by atoms with Crippen molar-refractivity contribution in [2.45, 2.75) is 32.9 Å². The van der Waals surface area contributed by atoms with E-state index in [-0.39, 0.29) is 29.6 Å². The van der Waals surface area contributed by atoms with Crippen LogP contribution in [0.4, 0.5) is 0 Å². The van der Waals surface area contributed by atoms with Crippen LogP contribution in [0.25, 0.3) is 0 Å². The molecule has 90 valence electrons. The molecule has 2 N–H and O–H groups in total. The van der Waals surface area contributed by atoms with E-state index >= 15 is 0 Å². The highest BCUT2D eigenvalue weighted by molar-refractivity contribution is 7.79. The fourth-order valence-electron chi connectivity index (χ4n) is 3.07. The van der Waals surface area contributed by atoms with E-state index in [0.29, 0.717) is 11.8 Å². The second-order valence-electron chi connectivity index (χ2n) is 5.02. The minimum absolute atomic E-state index is 0.113. The van der Waals surface area contributed by atoms with Crippen LogP contribution in [-0.4, -0.2) is 25.7 Å². The Labute approximate surface area is 94.6 Å². The topological polar surface area (TPSA) is 57.5 Å². The third kappa shape index (κ3) is 2.27. The van der Waals surface area contributed by atoms with Gasteiger partial charge in [0.2, 0.25) is 0 Å². The molecular weight excluding hydrogens is 212 g/mol. The highest BCUT2D eigenvalue weighted by Crippen LogP contribution is 2.43. The van der Waals surface area contributed by atoms with Crippen LogP contribution in [-0.2, 0) is 11.1 Å². The molecule has 0 aromatic heterocycles. The lowest BCUT2D eigenvalue weighted by Gasteiger charge is -2.46. The molecule has 4 heteroatoms. The van der Waals surface area contributed by atoms with E-state index in [9.17, 15) is 13.9 Å². The van der Waals surface area contributed by atoms with Crippen molar-refractivity contribution < 1.29 is 13.9 Å². The molecular formula is C11H22O3S. The van der Waals surface area contributed by atoms with E-state index in [1.54, 1.807) is 0 Å². The normalized spacial score (nSPS) is 48.9. The smallest absolute Gasteiger partial charge is 0.156 e. The highest BCUT2D eigenvalue weighted by atomic mass is 32.2. The van der Waals surface area contributed by atoms with Crippen LogP contribution >= 0.6 is 0 Å². The summed E-state index contributed by atoms with van der Waals surface area (Å²) in [4.78, 5) is 0. The zero-order valence-corrected chi connectivity index (χ0v) is 10.7. The molecule has 0 aromatic carbocycles. The fourth-order valence-corrected chi connectivity index (χ4v) is 4.25. The molecule has 0 bridgehead atoms. The van der Waals surface area contributed by atoms with Crippen molar-refractivity contribution in [1.29, 1.82) is 0 Å². The van der Waals surface area contributed by atoms with Crippen LogP contribution in [0.1, 0.15) is 27.7 Å². The fraction of sp³-hybridized carbons (Fsp3) is 1.00. The summed E-state index contributed by atoms with van der Waals surface area (Å²) >= 11 is -1.78. The molecule has 0 radical (unpaired) electrons. The number of aliphatic hydroxyl groups is 1. The predicted octanol–water partition coefficient (Wildman–Crippen LogP) is 1.74. The first-order valence-corrected chi connectivity index (χ1v) is 6.79. The summed E-state index contributed by atoms with van der Waals surface area (Å²) in [6.45, 7) is 8.40. The first-order chi connectivity index (χ1) is 6.91. The number of hydrogen-bond acceptors (Lipinski definition) is 2. The van der Waals surface area contributed by atoms with Crippen LogP contribution in [0.15, 0.2) is 0 Å². The van der Waals surface area contributed by atoms with Gasteiger partial charge >= 0.3 is 0 Å². The average molecular weight is 234 g/mol. The van der Waals surface area contributed by atoms with Crippen LogP contribution < -0.4 is 0 Å². The molecule has 7 atom stereocenters. The van der Waals surface area contributed by atoms with Crippen LogP contribution in [0, 0.1) is 29.6 Å². The van der Waals surface area contributed by atoms with Crippen LogP contribution in [0.3, 0.4) is 0 Å².